The fourth-order valence-corrected chi connectivity index (χ4v) is 2.17. The van der Waals surface area contributed by atoms with Crippen LogP contribution in [0.15, 0.2) is 42.7 Å². The van der Waals surface area contributed by atoms with Crippen molar-refractivity contribution < 1.29 is 9.47 Å². The Labute approximate surface area is 107 Å². The van der Waals surface area contributed by atoms with Gasteiger partial charge in [-0.05, 0) is 30.2 Å². The Hall–Kier alpha value is -1.58. The number of rotatable bonds is 3. The lowest BCUT2D eigenvalue weighted by Crippen LogP contribution is -1.96. The molecule has 0 unspecified atom stereocenters. The first kappa shape index (κ1) is 11.5. The summed E-state index contributed by atoms with van der Waals surface area (Å²) in [6.07, 6.45) is 4.99. The molecule has 0 N–H and O–H groups in total. The van der Waals surface area contributed by atoms with Gasteiger partial charge in [0.25, 0.3) is 0 Å². The van der Waals surface area contributed by atoms with Crippen molar-refractivity contribution in [2.75, 3.05) is 13.2 Å². The van der Waals surface area contributed by atoms with Crippen LogP contribution in [0, 0.1) is 0 Å². The molecule has 1 aromatic heterocycles. The van der Waals surface area contributed by atoms with Crippen LogP contribution in [0.25, 0.3) is 5.69 Å². The fraction of sp³-hybridized carbons (Fsp3) is 0.333. The number of hydrogen-bond acceptors (Lipinski definition) is 2. The van der Waals surface area contributed by atoms with Crippen molar-refractivity contribution in [1.82, 2.24) is 4.57 Å². The Kier molecular flexibility index (Phi) is 3.17. The summed E-state index contributed by atoms with van der Waals surface area (Å²) in [4.78, 5) is 0. The predicted molar refractivity (Wildman–Crippen MR) is 69.8 cm³/mol. The molecule has 0 radical (unpaired) electrons. The number of aryl methyl sites for hydroxylation is 1. The zero-order valence-electron chi connectivity index (χ0n) is 10.5. The maximum absolute atomic E-state index is 5.49. The highest BCUT2D eigenvalue weighted by molar-refractivity contribution is 5.36. The highest BCUT2D eigenvalue weighted by Gasteiger charge is 2.19. The van der Waals surface area contributed by atoms with Crippen molar-refractivity contribution in [1.29, 1.82) is 0 Å². The van der Waals surface area contributed by atoms with Gasteiger partial charge in [0.2, 0.25) is 0 Å². The van der Waals surface area contributed by atoms with Crippen LogP contribution in [0.3, 0.4) is 0 Å². The lowest BCUT2D eigenvalue weighted by molar-refractivity contribution is -0.0440. The minimum atomic E-state index is -0.193. The van der Waals surface area contributed by atoms with E-state index < -0.39 is 0 Å². The largest absolute Gasteiger partial charge is 0.346 e. The van der Waals surface area contributed by atoms with Crippen LogP contribution < -0.4 is 0 Å². The molecule has 0 aliphatic carbocycles. The molecule has 1 aliphatic rings. The molecule has 18 heavy (non-hydrogen) atoms. The molecule has 0 atom stereocenters. The lowest BCUT2D eigenvalue weighted by Gasteiger charge is -2.06. The summed E-state index contributed by atoms with van der Waals surface area (Å²) in [5.74, 6) is 0. The Bertz CT molecular complexity index is 510. The number of ether oxygens (including phenoxy) is 2. The molecule has 1 fully saturated rings. The Morgan fingerprint density at radius 2 is 1.83 bits per heavy atom. The average molecular weight is 243 g/mol. The number of hydrogen-bond donors (Lipinski definition) is 0. The highest BCUT2D eigenvalue weighted by Crippen LogP contribution is 2.24. The molecule has 1 aromatic carbocycles. The van der Waals surface area contributed by atoms with Crippen LogP contribution in [-0.4, -0.2) is 17.8 Å². The van der Waals surface area contributed by atoms with E-state index in [0.717, 1.165) is 17.7 Å². The molecule has 0 bridgehead atoms. The Morgan fingerprint density at radius 3 is 2.50 bits per heavy atom. The van der Waals surface area contributed by atoms with Crippen molar-refractivity contribution in [3.63, 3.8) is 0 Å². The van der Waals surface area contributed by atoms with Gasteiger partial charge in [-0.1, -0.05) is 19.1 Å². The second kappa shape index (κ2) is 4.96. The van der Waals surface area contributed by atoms with E-state index in [1.807, 2.05) is 12.3 Å². The monoisotopic (exact) mass is 243 g/mol. The van der Waals surface area contributed by atoms with Gasteiger partial charge >= 0.3 is 0 Å². The van der Waals surface area contributed by atoms with Crippen molar-refractivity contribution >= 4 is 0 Å². The van der Waals surface area contributed by atoms with E-state index in [2.05, 4.69) is 42.0 Å². The van der Waals surface area contributed by atoms with Gasteiger partial charge in [-0.25, -0.2) is 0 Å². The topological polar surface area (TPSA) is 23.4 Å². The van der Waals surface area contributed by atoms with Crippen LogP contribution in [0.1, 0.15) is 24.3 Å². The molecule has 94 valence electrons. The highest BCUT2D eigenvalue weighted by atomic mass is 16.7. The lowest BCUT2D eigenvalue weighted by atomic mass is 10.1. The minimum Gasteiger partial charge on any atom is -0.346 e. The molecule has 1 aliphatic heterocycles. The molecule has 0 spiro atoms. The van der Waals surface area contributed by atoms with Crippen molar-refractivity contribution in [2.24, 2.45) is 0 Å². The quantitative estimate of drug-likeness (QED) is 0.827. The van der Waals surface area contributed by atoms with Gasteiger partial charge in [0.05, 0.1) is 13.2 Å². The molecule has 0 amide bonds. The standard InChI is InChI=1S/C15H17NO2/c1-2-12-3-5-14(6-4-12)16-8-7-13(11-16)15-17-9-10-18-15/h3-8,11,15H,2,9-10H2,1H3. The molecular formula is C15H17NO2. The zero-order chi connectivity index (χ0) is 12.4. The van der Waals surface area contributed by atoms with Gasteiger partial charge in [-0.2, -0.15) is 0 Å². The van der Waals surface area contributed by atoms with Crippen molar-refractivity contribution in [3.05, 3.63) is 53.9 Å². The summed E-state index contributed by atoms with van der Waals surface area (Å²) >= 11 is 0. The van der Waals surface area contributed by atoms with Gasteiger partial charge in [-0.3, -0.25) is 0 Å². The molecule has 0 saturated carbocycles. The van der Waals surface area contributed by atoms with E-state index in [1.165, 1.54) is 5.56 Å². The summed E-state index contributed by atoms with van der Waals surface area (Å²) in [6.45, 7) is 3.53. The van der Waals surface area contributed by atoms with E-state index in [0.29, 0.717) is 13.2 Å². The average Bonchev–Trinajstić information content (AvgIpc) is 3.09. The van der Waals surface area contributed by atoms with Gasteiger partial charge in [0, 0.05) is 23.6 Å². The fourth-order valence-electron chi connectivity index (χ4n) is 2.17. The number of aromatic nitrogens is 1. The maximum atomic E-state index is 5.49. The Morgan fingerprint density at radius 1 is 1.11 bits per heavy atom. The number of nitrogens with zero attached hydrogens (tertiary/aromatic N) is 1. The van der Waals surface area contributed by atoms with Gasteiger partial charge in [0.15, 0.2) is 6.29 Å². The predicted octanol–water partition coefficient (Wildman–Crippen LogP) is 3.09. The van der Waals surface area contributed by atoms with Gasteiger partial charge in [0.1, 0.15) is 0 Å². The maximum Gasteiger partial charge on any atom is 0.185 e. The van der Waals surface area contributed by atoms with E-state index in [1.54, 1.807) is 0 Å². The molecule has 3 rings (SSSR count). The first-order chi connectivity index (χ1) is 8.86. The number of benzene rings is 1. The molecule has 2 aromatic rings. The zero-order valence-corrected chi connectivity index (χ0v) is 10.5. The molecule has 3 heteroatoms. The Balaban J connectivity index is 1.82. The third kappa shape index (κ3) is 2.19. The van der Waals surface area contributed by atoms with Crippen molar-refractivity contribution in [3.8, 4) is 5.69 Å². The second-order valence-corrected chi connectivity index (χ2v) is 4.45. The van der Waals surface area contributed by atoms with Crippen LogP contribution in [-0.2, 0) is 15.9 Å². The summed E-state index contributed by atoms with van der Waals surface area (Å²) in [7, 11) is 0. The van der Waals surface area contributed by atoms with Crippen LogP contribution in [0.4, 0.5) is 0 Å². The first-order valence-corrected chi connectivity index (χ1v) is 6.37. The summed E-state index contributed by atoms with van der Waals surface area (Å²) in [5.41, 5.74) is 3.59. The third-order valence-corrected chi connectivity index (χ3v) is 3.25. The van der Waals surface area contributed by atoms with Gasteiger partial charge in [-0.15, -0.1) is 0 Å². The minimum absolute atomic E-state index is 0.193. The van der Waals surface area contributed by atoms with E-state index in [-0.39, 0.29) is 6.29 Å². The smallest absolute Gasteiger partial charge is 0.185 e. The van der Waals surface area contributed by atoms with E-state index in [4.69, 9.17) is 9.47 Å². The summed E-state index contributed by atoms with van der Waals surface area (Å²) in [6, 6.07) is 10.6. The molecule has 1 saturated heterocycles. The molecular weight excluding hydrogens is 226 g/mol. The van der Waals surface area contributed by atoms with E-state index >= 15 is 0 Å². The van der Waals surface area contributed by atoms with Gasteiger partial charge < -0.3 is 14.0 Å². The van der Waals surface area contributed by atoms with Crippen LogP contribution in [0.5, 0.6) is 0 Å². The normalized spacial score (nSPS) is 16.3. The second-order valence-electron chi connectivity index (χ2n) is 4.45. The van der Waals surface area contributed by atoms with Crippen molar-refractivity contribution in [2.45, 2.75) is 19.6 Å². The summed E-state index contributed by atoms with van der Waals surface area (Å²) in [5, 5.41) is 0. The van der Waals surface area contributed by atoms with Crippen LogP contribution in [0.2, 0.25) is 0 Å². The van der Waals surface area contributed by atoms with Crippen LogP contribution >= 0.6 is 0 Å². The third-order valence-electron chi connectivity index (χ3n) is 3.25. The molecule has 3 nitrogen and oxygen atoms in total. The van der Waals surface area contributed by atoms with E-state index in [9.17, 15) is 0 Å². The SMILES string of the molecule is CCc1ccc(-n2ccc(C3OCCO3)c2)cc1. The summed E-state index contributed by atoms with van der Waals surface area (Å²) < 4.78 is 13.1. The molecule has 2 heterocycles. The first-order valence-electron chi connectivity index (χ1n) is 6.37.